The van der Waals surface area contributed by atoms with E-state index in [4.69, 9.17) is 4.74 Å². The standard InChI is InChI=1S/C23H23NO5S2/c25-30(26,21-9-5-2-6-10-21)22-15-17-24(18-16-22)31(27,28)23-13-11-20(12-14-23)29-19-7-3-1-4-8-19/h1-14,22H,15-18H2. The van der Waals surface area contributed by atoms with E-state index in [2.05, 4.69) is 0 Å². The molecule has 0 amide bonds. The topological polar surface area (TPSA) is 80.8 Å². The van der Waals surface area contributed by atoms with E-state index >= 15 is 0 Å². The lowest BCUT2D eigenvalue weighted by Crippen LogP contribution is -2.42. The monoisotopic (exact) mass is 457 g/mol. The van der Waals surface area contributed by atoms with Crippen molar-refractivity contribution in [3.63, 3.8) is 0 Å². The lowest BCUT2D eigenvalue weighted by Gasteiger charge is -2.31. The van der Waals surface area contributed by atoms with E-state index in [1.165, 1.54) is 16.4 Å². The maximum atomic E-state index is 13.0. The Morgan fingerprint density at radius 1 is 0.645 bits per heavy atom. The van der Waals surface area contributed by atoms with E-state index in [0.717, 1.165) is 0 Å². The van der Waals surface area contributed by atoms with Crippen LogP contribution in [0.2, 0.25) is 0 Å². The van der Waals surface area contributed by atoms with Crippen molar-refractivity contribution in [2.75, 3.05) is 13.1 Å². The Morgan fingerprint density at radius 2 is 1.16 bits per heavy atom. The molecule has 1 aliphatic heterocycles. The first kappa shape index (κ1) is 21.5. The number of rotatable bonds is 6. The van der Waals surface area contributed by atoms with Gasteiger partial charge < -0.3 is 4.74 Å². The van der Waals surface area contributed by atoms with Crippen molar-refractivity contribution in [3.05, 3.63) is 84.9 Å². The van der Waals surface area contributed by atoms with Crippen LogP contribution in [-0.4, -0.2) is 39.5 Å². The molecule has 0 N–H and O–H groups in total. The summed E-state index contributed by atoms with van der Waals surface area (Å²) in [6.45, 7) is 0.336. The highest BCUT2D eigenvalue weighted by molar-refractivity contribution is 7.92. The Bertz CT molecular complexity index is 1220. The number of hydrogen-bond donors (Lipinski definition) is 0. The second-order valence-corrected chi connectivity index (χ2v) is 11.5. The molecule has 0 radical (unpaired) electrons. The normalized spacial score (nSPS) is 16.1. The summed E-state index contributed by atoms with van der Waals surface area (Å²) in [4.78, 5) is 0.447. The van der Waals surface area contributed by atoms with Gasteiger partial charge in [-0.1, -0.05) is 36.4 Å². The highest BCUT2D eigenvalue weighted by Crippen LogP contribution is 2.29. The van der Waals surface area contributed by atoms with Gasteiger partial charge in [-0.25, -0.2) is 16.8 Å². The lowest BCUT2D eigenvalue weighted by atomic mass is 10.2. The molecule has 1 fully saturated rings. The quantitative estimate of drug-likeness (QED) is 0.557. The average molecular weight is 458 g/mol. The number of hydrogen-bond acceptors (Lipinski definition) is 5. The van der Waals surface area contributed by atoms with Gasteiger partial charge in [0.15, 0.2) is 9.84 Å². The fraction of sp³-hybridized carbons (Fsp3) is 0.217. The first-order chi connectivity index (χ1) is 14.9. The summed E-state index contributed by atoms with van der Waals surface area (Å²) < 4.78 is 58.7. The molecule has 1 aliphatic rings. The van der Waals surface area contributed by atoms with E-state index in [9.17, 15) is 16.8 Å². The molecule has 1 heterocycles. The van der Waals surface area contributed by atoms with Crippen LogP contribution in [0.15, 0.2) is 94.7 Å². The summed E-state index contributed by atoms with van der Waals surface area (Å²) in [6, 6.07) is 23.8. The molecule has 0 aliphatic carbocycles. The number of para-hydroxylation sites is 1. The zero-order chi connectivity index (χ0) is 21.9. The third-order valence-electron chi connectivity index (χ3n) is 5.35. The summed E-state index contributed by atoms with van der Waals surface area (Å²) >= 11 is 0. The average Bonchev–Trinajstić information content (AvgIpc) is 2.81. The van der Waals surface area contributed by atoms with Crippen molar-refractivity contribution in [2.45, 2.75) is 27.9 Å². The number of ether oxygens (including phenoxy) is 1. The van der Waals surface area contributed by atoms with Crippen LogP contribution < -0.4 is 4.74 Å². The van der Waals surface area contributed by atoms with Crippen molar-refractivity contribution in [1.82, 2.24) is 4.31 Å². The molecule has 3 aromatic carbocycles. The molecule has 0 bridgehead atoms. The van der Waals surface area contributed by atoms with Gasteiger partial charge in [-0.3, -0.25) is 0 Å². The first-order valence-corrected chi connectivity index (χ1v) is 13.0. The maximum Gasteiger partial charge on any atom is 0.243 e. The molecule has 3 aromatic rings. The largest absolute Gasteiger partial charge is 0.457 e. The molecular weight excluding hydrogens is 434 g/mol. The Balaban J connectivity index is 1.43. The third-order valence-corrected chi connectivity index (χ3v) is 9.54. The maximum absolute atomic E-state index is 13.0. The molecule has 8 heteroatoms. The fourth-order valence-corrected chi connectivity index (χ4v) is 6.86. The van der Waals surface area contributed by atoms with Gasteiger partial charge in [0.2, 0.25) is 10.0 Å². The molecule has 162 valence electrons. The molecule has 31 heavy (non-hydrogen) atoms. The first-order valence-electron chi connectivity index (χ1n) is 9.99. The Hall–Kier alpha value is -2.68. The summed E-state index contributed by atoms with van der Waals surface area (Å²) in [7, 11) is -7.17. The number of benzene rings is 3. The zero-order valence-electron chi connectivity index (χ0n) is 16.8. The molecule has 4 rings (SSSR count). The van der Waals surface area contributed by atoms with Crippen LogP contribution in [0, 0.1) is 0 Å². The van der Waals surface area contributed by atoms with Crippen molar-refractivity contribution < 1.29 is 21.6 Å². The van der Waals surface area contributed by atoms with Gasteiger partial charge in [0.1, 0.15) is 11.5 Å². The fourth-order valence-electron chi connectivity index (χ4n) is 3.64. The van der Waals surface area contributed by atoms with E-state index in [-0.39, 0.29) is 35.7 Å². The van der Waals surface area contributed by atoms with Crippen molar-refractivity contribution in [1.29, 1.82) is 0 Å². The van der Waals surface area contributed by atoms with E-state index in [1.54, 1.807) is 42.5 Å². The number of sulfone groups is 1. The highest BCUT2D eigenvalue weighted by atomic mass is 32.2. The van der Waals surface area contributed by atoms with Crippen LogP contribution in [0.25, 0.3) is 0 Å². The van der Waals surface area contributed by atoms with Crippen molar-refractivity contribution in [2.24, 2.45) is 0 Å². The molecule has 6 nitrogen and oxygen atoms in total. The predicted octanol–water partition coefficient (Wildman–Crippen LogP) is 4.11. The Morgan fingerprint density at radius 3 is 1.74 bits per heavy atom. The van der Waals surface area contributed by atoms with Gasteiger partial charge in [-0.15, -0.1) is 0 Å². The molecule has 0 unspecified atom stereocenters. The zero-order valence-corrected chi connectivity index (χ0v) is 18.4. The van der Waals surface area contributed by atoms with Gasteiger partial charge in [-0.05, 0) is 61.4 Å². The smallest absolute Gasteiger partial charge is 0.243 e. The van der Waals surface area contributed by atoms with Crippen LogP contribution in [0.3, 0.4) is 0 Å². The minimum Gasteiger partial charge on any atom is -0.457 e. The van der Waals surface area contributed by atoms with Gasteiger partial charge >= 0.3 is 0 Å². The van der Waals surface area contributed by atoms with Crippen LogP contribution >= 0.6 is 0 Å². The second-order valence-electron chi connectivity index (χ2n) is 7.35. The predicted molar refractivity (Wildman–Crippen MR) is 118 cm³/mol. The van der Waals surface area contributed by atoms with Gasteiger partial charge in [0, 0.05) is 13.1 Å². The summed E-state index contributed by atoms with van der Waals surface area (Å²) in [5, 5.41) is -0.581. The summed E-state index contributed by atoms with van der Waals surface area (Å²) in [5.41, 5.74) is 0. The lowest BCUT2D eigenvalue weighted by molar-refractivity contribution is 0.345. The molecule has 0 atom stereocenters. The number of nitrogens with zero attached hydrogens (tertiary/aromatic N) is 1. The molecule has 0 saturated carbocycles. The third kappa shape index (κ3) is 4.66. The SMILES string of the molecule is O=S(=O)(c1ccccc1)C1CCN(S(=O)(=O)c2ccc(Oc3ccccc3)cc2)CC1. The molecule has 0 spiro atoms. The van der Waals surface area contributed by atoms with Crippen LogP contribution in [-0.2, 0) is 19.9 Å². The van der Waals surface area contributed by atoms with Crippen LogP contribution in [0.5, 0.6) is 11.5 Å². The van der Waals surface area contributed by atoms with E-state index in [1.807, 2.05) is 30.3 Å². The van der Waals surface area contributed by atoms with E-state index in [0.29, 0.717) is 11.5 Å². The molecule has 0 aromatic heterocycles. The van der Waals surface area contributed by atoms with Gasteiger partial charge in [-0.2, -0.15) is 4.31 Å². The number of piperidine rings is 1. The molecule has 1 saturated heterocycles. The summed E-state index contributed by atoms with van der Waals surface area (Å²) in [5.74, 6) is 1.21. The minimum absolute atomic E-state index is 0.164. The van der Waals surface area contributed by atoms with Crippen molar-refractivity contribution >= 4 is 19.9 Å². The second kappa shape index (κ2) is 8.82. The highest BCUT2D eigenvalue weighted by Gasteiger charge is 2.35. The van der Waals surface area contributed by atoms with Crippen molar-refractivity contribution in [3.8, 4) is 11.5 Å². The number of sulfonamides is 1. The van der Waals surface area contributed by atoms with Crippen LogP contribution in [0.4, 0.5) is 0 Å². The van der Waals surface area contributed by atoms with Crippen LogP contribution in [0.1, 0.15) is 12.8 Å². The molecular formula is C23H23NO5S2. The minimum atomic E-state index is -3.70. The van der Waals surface area contributed by atoms with Gasteiger partial charge in [0.25, 0.3) is 0 Å². The van der Waals surface area contributed by atoms with Gasteiger partial charge in [0.05, 0.1) is 15.0 Å². The van der Waals surface area contributed by atoms with E-state index < -0.39 is 25.1 Å². The Kier molecular flexibility index (Phi) is 6.13. The Labute approximate surface area is 183 Å². The summed E-state index contributed by atoms with van der Waals surface area (Å²) in [6.07, 6.45) is 0.539.